The number of nitrogens with one attached hydrogen (secondary N) is 1. The van der Waals surface area contributed by atoms with Gasteiger partial charge in [0.25, 0.3) is 0 Å². The molecule has 0 spiro atoms. The van der Waals surface area contributed by atoms with Crippen molar-refractivity contribution in [1.82, 2.24) is 5.32 Å². The minimum atomic E-state index is 0.261. The second kappa shape index (κ2) is 3.62. The van der Waals surface area contributed by atoms with Crippen molar-refractivity contribution in [2.75, 3.05) is 6.54 Å². The zero-order chi connectivity index (χ0) is 10.0. The number of rotatable bonds is 2. The van der Waals surface area contributed by atoms with Crippen LogP contribution in [0.1, 0.15) is 25.3 Å². The summed E-state index contributed by atoms with van der Waals surface area (Å²) in [4.78, 5) is 0. The molecule has 14 heavy (non-hydrogen) atoms. The van der Waals surface area contributed by atoms with E-state index in [4.69, 9.17) is 5.11 Å². The minimum Gasteiger partial charge on any atom is -0.508 e. The van der Waals surface area contributed by atoms with Crippen molar-refractivity contribution in [3.05, 3.63) is 29.8 Å². The molecule has 2 nitrogen and oxygen atoms in total. The Kier molecular flexibility index (Phi) is 2.46. The van der Waals surface area contributed by atoms with Crippen molar-refractivity contribution >= 4 is 0 Å². The molecule has 0 saturated carbocycles. The first-order valence-electron chi connectivity index (χ1n) is 5.21. The van der Waals surface area contributed by atoms with Crippen molar-refractivity contribution in [3.8, 4) is 5.75 Å². The van der Waals surface area contributed by atoms with Crippen LogP contribution in [-0.2, 0) is 6.42 Å². The highest BCUT2D eigenvalue weighted by Gasteiger charge is 2.27. The lowest BCUT2D eigenvalue weighted by molar-refractivity contribution is 0.412. The first-order chi connectivity index (χ1) is 6.68. The normalized spacial score (nSPS) is 26.6. The van der Waals surface area contributed by atoms with E-state index in [2.05, 4.69) is 12.2 Å². The van der Waals surface area contributed by atoms with Crippen molar-refractivity contribution < 1.29 is 5.11 Å². The molecule has 1 aliphatic heterocycles. The van der Waals surface area contributed by atoms with E-state index in [0.29, 0.717) is 5.75 Å². The molecule has 1 atom stereocenters. The van der Waals surface area contributed by atoms with E-state index in [1.807, 2.05) is 12.1 Å². The lowest BCUT2D eigenvalue weighted by Gasteiger charge is -2.24. The van der Waals surface area contributed by atoms with Gasteiger partial charge in [-0.2, -0.15) is 0 Å². The minimum absolute atomic E-state index is 0.261. The van der Waals surface area contributed by atoms with Crippen LogP contribution in [0.5, 0.6) is 5.75 Å². The summed E-state index contributed by atoms with van der Waals surface area (Å²) < 4.78 is 0. The molecule has 2 rings (SSSR count). The van der Waals surface area contributed by atoms with Gasteiger partial charge in [-0.1, -0.05) is 12.1 Å². The number of aromatic hydroxyl groups is 1. The number of phenols is 1. The Bertz CT molecular complexity index is 299. The molecule has 1 heterocycles. The Labute approximate surface area is 85.0 Å². The van der Waals surface area contributed by atoms with Gasteiger partial charge < -0.3 is 10.4 Å². The van der Waals surface area contributed by atoms with Crippen molar-refractivity contribution in [2.45, 2.75) is 31.7 Å². The smallest absolute Gasteiger partial charge is 0.115 e. The number of phenolic OH excluding ortho intramolecular Hbond substituents is 1. The molecular weight excluding hydrogens is 174 g/mol. The van der Waals surface area contributed by atoms with E-state index in [9.17, 15) is 0 Å². The van der Waals surface area contributed by atoms with Crippen molar-refractivity contribution in [2.24, 2.45) is 0 Å². The summed E-state index contributed by atoms with van der Waals surface area (Å²) in [6, 6.07) is 7.52. The maximum atomic E-state index is 9.17. The molecule has 0 aliphatic carbocycles. The van der Waals surface area contributed by atoms with E-state index in [-0.39, 0.29) is 5.54 Å². The molecule has 0 radical (unpaired) electrons. The van der Waals surface area contributed by atoms with Crippen LogP contribution in [0, 0.1) is 0 Å². The highest BCUT2D eigenvalue weighted by molar-refractivity contribution is 5.27. The summed E-state index contributed by atoms with van der Waals surface area (Å²) >= 11 is 0. The third-order valence-corrected chi connectivity index (χ3v) is 2.99. The quantitative estimate of drug-likeness (QED) is 0.750. The van der Waals surface area contributed by atoms with Crippen LogP contribution in [0.25, 0.3) is 0 Å². The van der Waals surface area contributed by atoms with Gasteiger partial charge in [0, 0.05) is 5.54 Å². The molecule has 1 aromatic rings. The topological polar surface area (TPSA) is 32.3 Å². The van der Waals surface area contributed by atoms with Crippen LogP contribution in [0.4, 0.5) is 0 Å². The van der Waals surface area contributed by atoms with Crippen molar-refractivity contribution in [1.29, 1.82) is 0 Å². The predicted molar refractivity (Wildman–Crippen MR) is 57.5 cm³/mol. The van der Waals surface area contributed by atoms with E-state index in [0.717, 1.165) is 13.0 Å². The van der Waals surface area contributed by atoms with E-state index < -0.39 is 0 Å². The molecule has 1 aliphatic rings. The average molecular weight is 191 g/mol. The second-order valence-corrected chi connectivity index (χ2v) is 4.43. The molecule has 2 N–H and O–H groups in total. The zero-order valence-electron chi connectivity index (χ0n) is 8.59. The van der Waals surface area contributed by atoms with Crippen LogP contribution in [0.15, 0.2) is 24.3 Å². The lowest BCUT2D eigenvalue weighted by Crippen LogP contribution is -2.38. The Hall–Kier alpha value is -1.02. The SMILES string of the molecule is CC1(Cc2ccc(O)cc2)CCCN1. The fourth-order valence-electron chi connectivity index (χ4n) is 2.17. The highest BCUT2D eigenvalue weighted by atomic mass is 16.3. The fraction of sp³-hybridized carbons (Fsp3) is 0.500. The van der Waals surface area contributed by atoms with Crippen LogP contribution in [0.2, 0.25) is 0 Å². The van der Waals surface area contributed by atoms with Gasteiger partial charge in [0.15, 0.2) is 0 Å². The molecule has 0 bridgehead atoms. The Morgan fingerprint density at radius 2 is 2.07 bits per heavy atom. The molecule has 0 amide bonds. The fourth-order valence-corrected chi connectivity index (χ4v) is 2.17. The molecule has 0 aromatic heterocycles. The maximum absolute atomic E-state index is 9.17. The number of hydrogen-bond acceptors (Lipinski definition) is 2. The van der Waals surface area contributed by atoms with Crippen LogP contribution in [0.3, 0.4) is 0 Å². The third-order valence-electron chi connectivity index (χ3n) is 2.99. The van der Waals surface area contributed by atoms with Gasteiger partial charge in [0.1, 0.15) is 5.75 Å². The molecule has 1 saturated heterocycles. The second-order valence-electron chi connectivity index (χ2n) is 4.43. The van der Waals surface area contributed by atoms with E-state index in [1.165, 1.54) is 18.4 Å². The first kappa shape index (κ1) is 9.53. The summed E-state index contributed by atoms with van der Waals surface area (Å²) in [5.41, 5.74) is 1.55. The van der Waals surface area contributed by atoms with Gasteiger partial charge in [-0.05, 0) is 50.4 Å². The Morgan fingerprint density at radius 1 is 1.36 bits per heavy atom. The third kappa shape index (κ3) is 2.07. The maximum Gasteiger partial charge on any atom is 0.115 e. The van der Waals surface area contributed by atoms with Crippen LogP contribution >= 0.6 is 0 Å². The molecule has 1 aromatic carbocycles. The monoisotopic (exact) mass is 191 g/mol. The summed E-state index contributed by atoms with van der Waals surface area (Å²) in [7, 11) is 0. The largest absolute Gasteiger partial charge is 0.508 e. The van der Waals surface area contributed by atoms with Gasteiger partial charge in [-0.25, -0.2) is 0 Å². The molecule has 1 unspecified atom stereocenters. The summed E-state index contributed by atoms with van der Waals surface area (Å²) in [5, 5.41) is 12.7. The molecule has 2 heteroatoms. The highest BCUT2D eigenvalue weighted by Crippen LogP contribution is 2.24. The van der Waals surface area contributed by atoms with E-state index in [1.54, 1.807) is 12.1 Å². The number of benzene rings is 1. The predicted octanol–water partition coefficient (Wildman–Crippen LogP) is 2.08. The first-order valence-corrected chi connectivity index (χ1v) is 5.21. The van der Waals surface area contributed by atoms with Gasteiger partial charge >= 0.3 is 0 Å². The zero-order valence-corrected chi connectivity index (χ0v) is 8.59. The van der Waals surface area contributed by atoms with Gasteiger partial charge in [-0.3, -0.25) is 0 Å². The van der Waals surface area contributed by atoms with Gasteiger partial charge in [0.05, 0.1) is 0 Å². The Morgan fingerprint density at radius 3 is 2.64 bits per heavy atom. The summed E-state index contributed by atoms with van der Waals surface area (Å²) in [6.07, 6.45) is 3.57. The molecule has 1 fully saturated rings. The molecular formula is C12H17NO. The number of hydrogen-bond donors (Lipinski definition) is 2. The van der Waals surface area contributed by atoms with Gasteiger partial charge in [0.2, 0.25) is 0 Å². The standard InChI is InChI=1S/C12H17NO/c1-12(7-2-8-13-12)9-10-3-5-11(14)6-4-10/h3-6,13-14H,2,7-9H2,1H3. The van der Waals surface area contributed by atoms with Crippen molar-refractivity contribution in [3.63, 3.8) is 0 Å². The Balaban J connectivity index is 2.06. The summed E-state index contributed by atoms with van der Waals surface area (Å²) in [6.45, 7) is 3.40. The van der Waals surface area contributed by atoms with E-state index >= 15 is 0 Å². The van der Waals surface area contributed by atoms with Crippen LogP contribution in [-0.4, -0.2) is 17.2 Å². The summed E-state index contributed by atoms with van der Waals surface area (Å²) in [5.74, 6) is 0.346. The van der Waals surface area contributed by atoms with Crippen LogP contribution < -0.4 is 5.32 Å². The lowest BCUT2D eigenvalue weighted by atomic mass is 9.91. The molecule has 76 valence electrons. The van der Waals surface area contributed by atoms with Gasteiger partial charge in [-0.15, -0.1) is 0 Å². The average Bonchev–Trinajstić information content (AvgIpc) is 2.57.